The fourth-order valence-electron chi connectivity index (χ4n) is 2.08. The maximum Gasteiger partial charge on any atom is 0.303 e. The lowest BCUT2D eigenvalue weighted by Gasteiger charge is -2.27. The number of carboxylic acid groups (broad SMARTS) is 1. The molecule has 8 heteroatoms. The van der Waals surface area contributed by atoms with Crippen LogP contribution in [0.5, 0.6) is 0 Å². The molecule has 0 aromatic heterocycles. The number of hydrogen-bond acceptors (Lipinski definition) is 5. The Morgan fingerprint density at radius 3 is 2.46 bits per heavy atom. The Bertz CT molecular complexity index is 428. The van der Waals surface area contributed by atoms with Gasteiger partial charge in [-0.05, 0) is 25.7 Å². The van der Waals surface area contributed by atoms with Crippen LogP contribution in [0.15, 0.2) is 12.2 Å². The number of hydrogen-bond donors (Lipinski definition) is 5. The molecule has 0 aliphatic rings. The number of carboxylic acids is 1. The molecule has 0 spiro atoms. The van der Waals surface area contributed by atoms with Gasteiger partial charge in [0.25, 0.3) is 0 Å². The van der Waals surface area contributed by atoms with Gasteiger partial charge in [0, 0.05) is 13.0 Å². The number of rotatable bonds is 14. The zero-order valence-corrected chi connectivity index (χ0v) is 14.4. The quantitative estimate of drug-likeness (QED) is 0.132. The Labute approximate surface area is 142 Å². The van der Waals surface area contributed by atoms with E-state index in [0.29, 0.717) is 32.1 Å². The van der Waals surface area contributed by atoms with E-state index in [1.165, 1.54) is 0 Å². The van der Waals surface area contributed by atoms with Crippen molar-refractivity contribution in [2.24, 2.45) is 0 Å². The first-order chi connectivity index (χ1) is 11.3. The summed E-state index contributed by atoms with van der Waals surface area (Å²) in [7, 11) is 0. The minimum absolute atomic E-state index is 0.0240. The van der Waals surface area contributed by atoms with Crippen LogP contribution in [0.25, 0.3) is 0 Å². The summed E-state index contributed by atoms with van der Waals surface area (Å²) in [6.45, 7) is 7.83. The van der Waals surface area contributed by atoms with Gasteiger partial charge >= 0.3 is 5.97 Å². The van der Waals surface area contributed by atoms with Gasteiger partial charge in [-0.2, -0.15) is 0 Å². The summed E-state index contributed by atoms with van der Waals surface area (Å²) in [5.41, 5.74) is 0.844. The molecule has 5 N–H and O–H groups in total. The average molecular weight is 343 g/mol. The van der Waals surface area contributed by atoms with Crippen molar-refractivity contribution < 1.29 is 24.6 Å². The molecule has 0 saturated heterocycles. The van der Waals surface area contributed by atoms with Gasteiger partial charge in [0.05, 0.1) is 12.1 Å². The zero-order valence-electron chi connectivity index (χ0n) is 14.4. The summed E-state index contributed by atoms with van der Waals surface area (Å²) in [6, 6.07) is -1.22. The van der Waals surface area contributed by atoms with Crippen LogP contribution >= 0.6 is 0 Å². The van der Waals surface area contributed by atoms with Crippen LogP contribution in [0.4, 0.5) is 0 Å². The Hall–Kier alpha value is -1.93. The highest BCUT2D eigenvalue weighted by atomic mass is 16.4. The van der Waals surface area contributed by atoms with Gasteiger partial charge in [-0.25, -0.2) is 0 Å². The van der Waals surface area contributed by atoms with Crippen molar-refractivity contribution in [2.75, 3.05) is 6.54 Å². The summed E-state index contributed by atoms with van der Waals surface area (Å²) in [5.74, 6) is -1.26. The molecule has 138 valence electrons. The van der Waals surface area contributed by atoms with E-state index in [2.05, 4.69) is 22.5 Å². The average Bonchev–Trinajstić information content (AvgIpc) is 2.55. The monoisotopic (exact) mass is 343 g/mol. The Morgan fingerprint density at radius 2 is 1.96 bits per heavy atom. The van der Waals surface area contributed by atoms with E-state index < -0.39 is 24.3 Å². The Morgan fingerprint density at radius 1 is 1.29 bits per heavy atom. The van der Waals surface area contributed by atoms with Gasteiger partial charge in [-0.3, -0.25) is 19.7 Å². The number of carbonyl (C=O) groups excluding carboxylic acids is 2. The second-order valence-electron chi connectivity index (χ2n) is 5.56. The lowest BCUT2D eigenvalue weighted by Crippen LogP contribution is -2.55. The molecule has 0 saturated carbocycles. The molecule has 0 aromatic rings. The van der Waals surface area contributed by atoms with Crippen LogP contribution in [0.3, 0.4) is 0 Å². The third-order valence-electron chi connectivity index (χ3n) is 3.65. The fraction of sp³-hybridized carbons (Fsp3) is 0.688. The minimum Gasteiger partial charge on any atom is -0.481 e. The van der Waals surface area contributed by atoms with E-state index in [1.807, 2.05) is 6.92 Å². The molecular weight excluding hydrogens is 314 g/mol. The van der Waals surface area contributed by atoms with E-state index in [-0.39, 0.29) is 18.9 Å². The molecule has 3 atom stereocenters. The largest absolute Gasteiger partial charge is 0.481 e. The summed E-state index contributed by atoms with van der Waals surface area (Å²) in [6.07, 6.45) is 1.26. The van der Waals surface area contributed by atoms with Gasteiger partial charge in [-0.1, -0.05) is 26.0 Å². The lowest BCUT2D eigenvalue weighted by molar-refractivity contribution is -0.137. The first-order valence-electron chi connectivity index (χ1n) is 8.15. The van der Waals surface area contributed by atoms with E-state index in [4.69, 9.17) is 5.11 Å². The van der Waals surface area contributed by atoms with Crippen LogP contribution < -0.4 is 16.0 Å². The van der Waals surface area contributed by atoms with Crippen molar-refractivity contribution in [3.05, 3.63) is 12.2 Å². The molecule has 0 aliphatic carbocycles. The van der Waals surface area contributed by atoms with Gasteiger partial charge in [0.15, 0.2) is 0 Å². The van der Waals surface area contributed by atoms with Crippen LogP contribution in [0.2, 0.25) is 0 Å². The highest BCUT2D eigenvalue weighted by Crippen LogP contribution is 2.09. The van der Waals surface area contributed by atoms with Crippen molar-refractivity contribution >= 4 is 18.3 Å². The first-order valence-corrected chi connectivity index (χ1v) is 8.15. The van der Waals surface area contributed by atoms with E-state index in [0.717, 1.165) is 5.57 Å². The molecule has 0 radical (unpaired) electrons. The summed E-state index contributed by atoms with van der Waals surface area (Å²) >= 11 is 0. The van der Waals surface area contributed by atoms with Gasteiger partial charge in [-0.15, -0.1) is 0 Å². The third kappa shape index (κ3) is 9.26. The number of carbonyl (C=O) groups is 3. The van der Waals surface area contributed by atoms with Crippen LogP contribution in [-0.2, 0) is 14.4 Å². The molecule has 0 fully saturated rings. The van der Waals surface area contributed by atoms with Crippen LogP contribution in [-0.4, -0.2) is 53.4 Å². The fourth-order valence-corrected chi connectivity index (χ4v) is 2.08. The van der Waals surface area contributed by atoms with E-state index in [1.54, 1.807) is 6.92 Å². The Balaban J connectivity index is 4.70. The lowest BCUT2D eigenvalue weighted by atomic mass is 10.0. The predicted molar refractivity (Wildman–Crippen MR) is 90.1 cm³/mol. The van der Waals surface area contributed by atoms with Crippen molar-refractivity contribution in [3.8, 4) is 0 Å². The molecule has 24 heavy (non-hydrogen) atoms. The summed E-state index contributed by atoms with van der Waals surface area (Å²) in [5, 5.41) is 26.7. The standard InChI is InChI=1S/C16H29N3O5/c1-4-11(3)9-13(15(23)17-8-6-7-14(21)22)19-16(24)12(5-2)18-10-20/h10,12-13,16,19,24H,3-9H2,1-2H3,(H,17,23)(H,18,20)(H,21,22)/t12-,13+,16?/m0/s1. The van der Waals surface area contributed by atoms with Gasteiger partial charge in [0.2, 0.25) is 12.3 Å². The van der Waals surface area contributed by atoms with Crippen molar-refractivity contribution in [2.45, 2.75) is 64.3 Å². The van der Waals surface area contributed by atoms with E-state index in [9.17, 15) is 19.5 Å². The molecular formula is C16H29N3O5. The smallest absolute Gasteiger partial charge is 0.303 e. The molecule has 0 rings (SSSR count). The summed E-state index contributed by atoms with van der Waals surface area (Å²) in [4.78, 5) is 33.3. The van der Waals surface area contributed by atoms with Crippen molar-refractivity contribution in [1.29, 1.82) is 0 Å². The molecule has 8 nitrogen and oxygen atoms in total. The normalized spacial score (nSPS) is 14.3. The minimum atomic E-state index is -1.08. The highest BCUT2D eigenvalue weighted by molar-refractivity contribution is 5.82. The Kier molecular flexibility index (Phi) is 11.5. The van der Waals surface area contributed by atoms with Crippen molar-refractivity contribution in [3.63, 3.8) is 0 Å². The van der Waals surface area contributed by atoms with Crippen molar-refractivity contribution in [1.82, 2.24) is 16.0 Å². The number of aliphatic hydroxyl groups excluding tert-OH is 1. The highest BCUT2D eigenvalue weighted by Gasteiger charge is 2.25. The van der Waals surface area contributed by atoms with Gasteiger partial charge < -0.3 is 20.8 Å². The van der Waals surface area contributed by atoms with Crippen LogP contribution in [0.1, 0.15) is 46.0 Å². The first kappa shape index (κ1) is 22.1. The SMILES string of the molecule is C=C(CC)C[C@@H](NC(O)[C@H](CC)NC=O)C(=O)NCCCC(=O)O. The summed E-state index contributed by atoms with van der Waals surface area (Å²) < 4.78 is 0. The molecule has 1 unspecified atom stereocenters. The maximum atomic E-state index is 12.3. The third-order valence-corrected chi connectivity index (χ3v) is 3.65. The number of aliphatic carboxylic acids is 1. The second kappa shape index (κ2) is 12.5. The van der Waals surface area contributed by atoms with Crippen LogP contribution in [0, 0.1) is 0 Å². The molecule has 0 bridgehead atoms. The number of nitrogens with one attached hydrogen (secondary N) is 3. The molecule has 2 amide bonds. The topological polar surface area (TPSA) is 128 Å². The number of amides is 2. The molecule has 0 heterocycles. The maximum absolute atomic E-state index is 12.3. The molecule has 0 aromatic carbocycles. The zero-order chi connectivity index (χ0) is 18.5. The van der Waals surface area contributed by atoms with Gasteiger partial charge in [0.1, 0.15) is 6.23 Å². The van der Waals surface area contributed by atoms with E-state index >= 15 is 0 Å². The number of aliphatic hydroxyl groups is 1. The molecule has 0 aliphatic heterocycles. The predicted octanol–water partition coefficient (Wildman–Crippen LogP) is 0.125. The second-order valence-corrected chi connectivity index (χ2v) is 5.56.